The van der Waals surface area contributed by atoms with E-state index in [0.717, 1.165) is 17.1 Å². The molecular weight excluding hydrogens is 713 g/mol. The van der Waals surface area contributed by atoms with Gasteiger partial charge in [-0.15, -0.1) is 0 Å². The molecule has 2 atom stereocenters. The van der Waals surface area contributed by atoms with Crippen LogP contribution in [-0.4, -0.2) is 6.04 Å². The van der Waals surface area contributed by atoms with Crippen LogP contribution in [0, 0.1) is 6.92 Å². The van der Waals surface area contributed by atoms with Crippen LogP contribution < -0.4 is 9.80 Å². The summed E-state index contributed by atoms with van der Waals surface area (Å²) in [6.45, 7) is 2.19. The quantitative estimate of drug-likeness (QED) is 0.150. The van der Waals surface area contributed by atoms with Crippen molar-refractivity contribution in [2.45, 2.75) is 18.9 Å². The van der Waals surface area contributed by atoms with Crippen molar-refractivity contribution in [2.24, 2.45) is 0 Å². The maximum absolute atomic E-state index is 2.49. The van der Waals surface area contributed by atoms with Gasteiger partial charge in [-0.1, -0.05) is 175 Å². The number of hydrogen-bond donors (Lipinski definition) is 0. The summed E-state index contributed by atoms with van der Waals surface area (Å²) in [6.07, 6.45) is 9.02. The Bertz CT molecular complexity index is 3030. The predicted molar refractivity (Wildman–Crippen MR) is 251 cm³/mol. The lowest BCUT2D eigenvalue weighted by atomic mass is 9.85. The standard InChI is InChI=1S/C57H42N2/c1-39-24-37-52-53(38-39)57(42-14-4-2-5-15-42)51-21-9-8-20-50(51)56(52)43-27-25-40(26-28-43)41-29-31-45(32-30-41)58(44-16-6-3-7-17-44)46-33-35-47(36-34-46)59-54-22-12-10-18-48(54)49-19-11-13-23-55(49)59/h2-38,48,54H,1H3. The SMILES string of the molecule is Cc1ccc2c(-c3ccc(-c4ccc(N(c5ccccc5)c5ccc(N6c7ccccc7C7C=CC=CC76)cc5)cc4)cc3)c3ccccc3c(-c3ccccc3)c2c1. The first-order chi connectivity index (χ1) is 29.2. The molecule has 9 aromatic rings. The summed E-state index contributed by atoms with van der Waals surface area (Å²) < 4.78 is 0. The zero-order valence-corrected chi connectivity index (χ0v) is 32.9. The fourth-order valence-corrected chi connectivity index (χ4v) is 9.53. The molecule has 1 aliphatic carbocycles. The lowest BCUT2D eigenvalue weighted by Crippen LogP contribution is -2.28. The van der Waals surface area contributed by atoms with Crippen LogP contribution in [0.5, 0.6) is 0 Å². The highest BCUT2D eigenvalue weighted by Crippen LogP contribution is 2.48. The van der Waals surface area contributed by atoms with Gasteiger partial charge in [0.15, 0.2) is 0 Å². The second-order valence-electron chi connectivity index (χ2n) is 15.7. The molecule has 0 amide bonds. The van der Waals surface area contributed by atoms with E-state index in [1.807, 2.05) is 0 Å². The summed E-state index contributed by atoms with van der Waals surface area (Å²) >= 11 is 0. The Balaban J connectivity index is 0.929. The van der Waals surface area contributed by atoms with Gasteiger partial charge in [-0.3, -0.25) is 0 Å². The third-order valence-corrected chi connectivity index (χ3v) is 12.2. The van der Waals surface area contributed by atoms with Crippen LogP contribution in [0.3, 0.4) is 0 Å². The number of benzene rings is 9. The molecule has 1 aliphatic heterocycles. The lowest BCUT2D eigenvalue weighted by molar-refractivity contribution is 0.745. The molecule has 0 saturated heterocycles. The Hall–Kier alpha value is -7.42. The van der Waals surface area contributed by atoms with Gasteiger partial charge in [0.25, 0.3) is 0 Å². The molecule has 2 heteroatoms. The minimum atomic E-state index is 0.276. The molecule has 0 bridgehead atoms. The number of nitrogens with zero attached hydrogens (tertiary/aromatic N) is 2. The minimum absolute atomic E-state index is 0.276. The normalized spacial score (nSPS) is 15.4. The summed E-state index contributed by atoms with van der Waals surface area (Å²) in [5.41, 5.74) is 15.9. The Kier molecular flexibility index (Phi) is 8.56. The van der Waals surface area contributed by atoms with E-state index in [0.29, 0.717) is 5.92 Å². The van der Waals surface area contributed by atoms with Crippen molar-refractivity contribution in [3.05, 3.63) is 236 Å². The zero-order chi connectivity index (χ0) is 39.3. The number of para-hydroxylation sites is 2. The van der Waals surface area contributed by atoms with Crippen LogP contribution in [0.2, 0.25) is 0 Å². The van der Waals surface area contributed by atoms with Crippen LogP contribution in [0.1, 0.15) is 17.0 Å². The highest BCUT2D eigenvalue weighted by molar-refractivity contribution is 6.21. The maximum atomic E-state index is 2.49. The largest absolute Gasteiger partial charge is 0.333 e. The van der Waals surface area contributed by atoms with E-state index in [4.69, 9.17) is 0 Å². The zero-order valence-electron chi connectivity index (χ0n) is 32.9. The molecule has 2 aliphatic rings. The molecule has 0 radical (unpaired) electrons. The highest BCUT2D eigenvalue weighted by Gasteiger charge is 2.37. The molecule has 0 aromatic heterocycles. The molecule has 0 spiro atoms. The monoisotopic (exact) mass is 754 g/mol. The number of hydrogen-bond acceptors (Lipinski definition) is 2. The number of anilines is 5. The molecule has 9 aromatic carbocycles. The van der Waals surface area contributed by atoms with Crippen molar-refractivity contribution >= 4 is 50.0 Å². The van der Waals surface area contributed by atoms with Gasteiger partial charge < -0.3 is 9.80 Å². The van der Waals surface area contributed by atoms with E-state index in [1.54, 1.807) is 0 Å². The average Bonchev–Trinajstić information content (AvgIpc) is 3.64. The first-order valence-electron chi connectivity index (χ1n) is 20.6. The summed E-state index contributed by atoms with van der Waals surface area (Å²) in [5, 5.41) is 5.11. The number of aryl methyl sites for hydroxylation is 1. The van der Waals surface area contributed by atoms with Crippen LogP contribution >= 0.6 is 0 Å². The predicted octanol–water partition coefficient (Wildman–Crippen LogP) is 15.5. The Morgan fingerprint density at radius 1 is 0.407 bits per heavy atom. The van der Waals surface area contributed by atoms with Gasteiger partial charge in [0.1, 0.15) is 0 Å². The van der Waals surface area contributed by atoms with E-state index < -0.39 is 0 Å². The lowest BCUT2D eigenvalue weighted by Gasteiger charge is -2.30. The molecule has 11 rings (SSSR count). The van der Waals surface area contributed by atoms with Crippen molar-refractivity contribution in [2.75, 3.05) is 9.80 Å². The van der Waals surface area contributed by atoms with Crippen molar-refractivity contribution in [1.29, 1.82) is 0 Å². The summed E-state index contributed by atoms with van der Waals surface area (Å²) in [7, 11) is 0. The fraction of sp³-hybridized carbons (Fsp3) is 0.0526. The maximum Gasteiger partial charge on any atom is 0.0629 e. The van der Waals surface area contributed by atoms with E-state index in [2.05, 4.69) is 241 Å². The van der Waals surface area contributed by atoms with Gasteiger partial charge in [0.2, 0.25) is 0 Å². The number of fused-ring (bicyclic) bond motifs is 5. The van der Waals surface area contributed by atoms with Crippen molar-refractivity contribution in [1.82, 2.24) is 0 Å². The average molecular weight is 755 g/mol. The smallest absolute Gasteiger partial charge is 0.0629 e. The Morgan fingerprint density at radius 2 is 0.915 bits per heavy atom. The summed E-state index contributed by atoms with van der Waals surface area (Å²) in [4.78, 5) is 4.83. The van der Waals surface area contributed by atoms with Crippen molar-refractivity contribution < 1.29 is 0 Å². The molecule has 0 saturated carbocycles. The van der Waals surface area contributed by atoms with Crippen LogP contribution in [-0.2, 0) is 0 Å². The van der Waals surface area contributed by atoms with Gasteiger partial charge in [-0.05, 0) is 122 Å². The van der Waals surface area contributed by atoms with Crippen molar-refractivity contribution in [3.63, 3.8) is 0 Å². The third kappa shape index (κ3) is 6.04. The first-order valence-corrected chi connectivity index (χ1v) is 20.6. The van der Waals surface area contributed by atoms with Gasteiger partial charge in [0, 0.05) is 34.4 Å². The van der Waals surface area contributed by atoms with Gasteiger partial charge in [-0.25, -0.2) is 0 Å². The van der Waals surface area contributed by atoms with Crippen LogP contribution in [0.4, 0.5) is 28.4 Å². The second kappa shape index (κ2) is 14.5. The van der Waals surface area contributed by atoms with Crippen LogP contribution in [0.15, 0.2) is 224 Å². The highest BCUT2D eigenvalue weighted by atomic mass is 15.2. The fourth-order valence-electron chi connectivity index (χ4n) is 9.53. The molecule has 59 heavy (non-hydrogen) atoms. The van der Waals surface area contributed by atoms with E-state index in [-0.39, 0.29) is 6.04 Å². The summed E-state index contributed by atoms with van der Waals surface area (Å²) in [6, 6.07) is 73.6. The number of allylic oxidation sites excluding steroid dienone is 2. The molecule has 1 heterocycles. The number of rotatable bonds is 7. The molecule has 2 unspecified atom stereocenters. The van der Waals surface area contributed by atoms with E-state index in [1.165, 1.54) is 77.4 Å². The van der Waals surface area contributed by atoms with Gasteiger partial charge in [-0.2, -0.15) is 0 Å². The molecule has 2 nitrogen and oxygen atoms in total. The molecule has 280 valence electrons. The molecular formula is C57H42N2. The van der Waals surface area contributed by atoms with E-state index >= 15 is 0 Å². The van der Waals surface area contributed by atoms with Gasteiger partial charge in [0.05, 0.1) is 6.04 Å². The van der Waals surface area contributed by atoms with Crippen molar-refractivity contribution in [3.8, 4) is 33.4 Å². The Labute approximate surface area is 346 Å². The van der Waals surface area contributed by atoms with Gasteiger partial charge >= 0.3 is 0 Å². The molecule has 0 fully saturated rings. The molecule has 0 N–H and O–H groups in total. The topological polar surface area (TPSA) is 6.48 Å². The van der Waals surface area contributed by atoms with Crippen LogP contribution in [0.25, 0.3) is 54.9 Å². The minimum Gasteiger partial charge on any atom is -0.333 e. The Morgan fingerprint density at radius 3 is 1.63 bits per heavy atom. The summed E-state index contributed by atoms with van der Waals surface area (Å²) in [5.74, 6) is 0.363. The van der Waals surface area contributed by atoms with E-state index in [9.17, 15) is 0 Å². The first kappa shape index (κ1) is 34.8. The third-order valence-electron chi connectivity index (χ3n) is 12.2. The second-order valence-corrected chi connectivity index (χ2v) is 15.7.